The number of hydrogen-bond acceptors (Lipinski definition) is 4. The Morgan fingerprint density at radius 1 is 1.00 bits per heavy atom. The average molecular weight is 441 g/mol. The molecule has 0 radical (unpaired) electrons. The third-order valence-electron chi connectivity index (χ3n) is 5.12. The highest BCUT2D eigenvalue weighted by molar-refractivity contribution is 6.01. The van der Waals surface area contributed by atoms with Crippen LogP contribution in [0.5, 0.6) is 5.75 Å². The maximum absolute atomic E-state index is 12.8. The van der Waals surface area contributed by atoms with E-state index in [1.807, 2.05) is 66.7 Å². The summed E-state index contributed by atoms with van der Waals surface area (Å²) in [4.78, 5) is 32.9. The van der Waals surface area contributed by atoms with E-state index in [0.717, 1.165) is 27.9 Å². The van der Waals surface area contributed by atoms with Crippen LogP contribution in [0.15, 0.2) is 78.9 Å². The molecule has 1 unspecified atom stereocenters. The zero-order chi connectivity index (χ0) is 23.2. The van der Waals surface area contributed by atoms with Gasteiger partial charge in [0.15, 0.2) is 0 Å². The Morgan fingerprint density at radius 3 is 2.48 bits per heavy atom. The number of carbonyl (C=O) groups is 2. The molecule has 3 aromatic carbocycles. The molecule has 33 heavy (non-hydrogen) atoms. The first-order valence-electron chi connectivity index (χ1n) is 10.5. The summed E-state index contributed by atoms with van der Waals surface area (Å²) in [6.07, 6.45) is 3.07. The molecule has 4 aromatic rings. The first-order valence-corrected chi connectivity index (χ1v) is 10.5. The van der Waals surface area contributed by atoms with Gasteiger partial charge in [-0.2, -0.15) is 0 Å². The Hall–Kier alpha value is -4.39. The van der Waals surface area contributed by atoms with E-state index >= 15 is 0 Å². The number of aromatic amines is 1. The lowest BCUT2D eigenvalue weighted by molar-refractivity contribution is -0.123. The van der Waals surface area contributed by atoms with Gasteiger partial charge in [-0.1, -0.05) is 36.4 Å². The van der Waals surface area contributed by atoms with Gasteiger partial charge in [0.05, 0.1) is 23.8 Å². The standard InChI is InChI=1S/C26H24N4O3/c1-17(27-24(31)16-13-18-11-14-19(33-2)15-12-18)26(32)30-21-8-4-3-7-20(21)25-28-22-9-5-6-10-23(22)29-25/h3-17H,1-2H3,(H,27,31)(H,28,29)(H,30,32)/b16-13+. The van der Waals surface area contributed by atoms with Crippen molar-refractivity contribution in [3.05, 3.63) is 84.4 Å². The first kappa shape index (κ1) is 21.8. The molecule has 2 amide bonds. The van der Waals surface area contributed by atoms with Crippen molar-refractivity contribution in [2.75, 3.05) is 12.4 Å². The highest BCUT2D eigenvalue weighted by Gasteiger charge is 2.17. The van der Waals surface area contributed by atoms with Crippen LogP contribution in [0, 0.1) is 0 Å². The number of nitrogens with one attached hydrogen (secondary N) is 3. The molecule has 3 N–H and O–H groups in total. The quantitative estimate of drug-likeness (QED) is 0.371. The number of imidazole rings is 1. The minimum atomic E-state index is -0.734. The summed E-state index contributed by atoms with van der Waals surface area (Å²) in [5, 5.41) is 5.58. The highest BCUT2D eigenvalue weighted by Crippen LogP contribution is 2.27. The van der Waals surface area contributed by atoms with E-state index < -0.39 is 6.04 Å². The van der Waals surface area contributed by atoms with Gasteiger partial charge in [0.2, 0.25) is 11.8 Å². The number of amides is 2. The van der Waals surface area contributed by atoms with Crippen molar-refractivity contribution < 1.29 is 14.3 Å². The van der Waals surface area contributed by atoms with Gasteiger partial charge in [-0.15, -0.1) is 0 Å². The molecule has 1 atom stereocenters. The number of aromatic nitrogens is 2. The van der Waals surface area contributed by atoms with E-state index in [4.69, 9.17) is 4.74 Å². The molecule has 1 aromatic heterocycles. The van der Waals surface area contributed by atoms with Crippen molar-refractivity contribution in [3.8, 4) is 17.1 Å². The van der Waals surface area contributed by atoms with E-state index in [0.29, 0.717) is 11.5 Å². The van der Waals surface area contributed by atoms with Crippen molar-refractivity contribution in [2.45, 2.75) is 13.0 Å². The van der Waals surface area contributed by atoms with Gasteiger partial charge in [0, 0.05) is 11.6 Å². The van der Waals surface area contributed by atoms with Crippen LogP contribution in [0.25, 0.3) is 28.5 Å². The summed E-state index contributed by atoms with van der Waals surface area (Å²) in [5.74, 6) is 0.708. The van der Waals surface area contributed by atoms with Gasteiger partial charge in [0.25, 0.3) is 0 Å². The molecule has 1 heterocycles. The molecule has 7 nitrogen and oxygen atoms in total. The lowest BCUT2D eigenvalue weighted by atomic mass is 10.1. The molecular formula is C26H24N4O3. The topological polar surface area (TPSA) is 96.1 Å². The summed E-state index contributed by atoms with van der Waals surface area (Å²) >= 11 is 0. The van der Waals surface area contributed by atoms with Gasteiger partial charge in [-0.05, 0) is 55.0 Å². The van der Waals surface area contributed by atoms with E-state index in [1.165, 1.54) is 6.08 Å². The second-order valence-electron chi connectivity index (χ2n) is 7.47. The Bertz CT molecular complexity index is 1280. The van der Waals surface area contributed by atoms with Crippen molar-refractivity contribution in [1.29, 1.82) is 0 Å². The Kier molecular flexibility index (Phi) is 6.50. The zero-order valence-electron chi connectivity index (χ0n) is 18.3. The molecule has 0 saturated carbocycles. The number of fused-ring (bicyclic) bond motifs is 1. The van der Waals surface area contributed by atoms with E-state index in [2.05, 4.69) is 20.6 Å². The number of methoxy groups -OCH3 is 1. The molecule has 0 aliphatic carbocycles. The van der Waals surface area contributed by atoms with Crippen molar-refractivity contribution >= 4 is 34.6 Å². The zero-order valence-corrected chi connectivity index (χ0v) is 18.3. The number of para-hydroxylation sites is 3. The average Bonchev–Trinajstić information content (AvgIpc) is 3.27. The van der Waals surface area contributed by atoms with Crippen LogP contribution in [0.1, 0.15) is 12.5 Å². The van der Waals surface area contributed by atoms with Gasteiger partial charge < -0.3 is 20.4 Å². The molecule has 4 rings (SSSR count). The summed E-state index contributed by atoms with van der Waals surface area (Å²) < 4.78 is 5.12. The maximum atomic E-state index is 12.8. The Morgan fingerprint density at radius 2 is 1.73 bits per heavy atom. The third kappa shape index (κ3) is 5.27. The van der Waals surface area contributed by atoms with Crippen LogP contribution in [-0.2, 0) is 9.59 Å². The van der Waals surface area contributed by atoms with Gasteiger partial charge in [-0.3, -0.25) is 9.59 Å². The number of anilines is 1. The monoisotopic (exact) mass is 440 g/mol. The summed E-state index contributed by atoms with van der Waals surface area (Å²) in [6.45, 7) is 1.64. The third-order valence-corrected chi connectivity index (χ3v) is 5.12. The first-order chi connectivity index (χ1) is 16.0. The van der Waals surface area contributed by atoms with Crippen LogP contribution in [-0.4, -0.2) is 34.9 Å². The van der Waals surface area contributed by atoms with Crippen molar-refractivity contribution in [2.24, 2.45) is 0 Å². The molecule has 0 saturated heterocycles. The van der Waals surface area contributed by atoms with E-state index in [1.54, 1.807) is 26.2 Å². The van der Waals surface area contributed by atoms with Gasteiger partial charge in [0.1, 0.15) is 17.6 Å². The fourth-order valence-corrected chi connectivity index (χ4v) is 3.33. The summed E-state index contributed by atoms with van der Waals surface area (Å²) in [6, 6.07) is 21.7. The lowest BCUT2D eigenvalue weighted by Crippen LogP contribution is -2.40. The predicted octanol–water partition coefficient (Wildman–Crippen LogP) is 4.40. The Labute approximate surface area is 191 Å². The SMILES string of the molecule is COc1ccc(/C=C/C(=O)NC(C)C(=O)Nc2ccccc2-c2nc3ccccc3[nH]2)cc1. The predicted molar refractivity (Wildman–Crippen MR) is 130 cm³/mol. The molecule has 0 spiro atoms. The van der Waals surface area contributed by atoms with Crippen LogP contribution < -0.4 is 15.4 Å². The number of ether oxygens (including phenoxy) is 1. The second-order valence-corrected chi connectivity index (χ2v) is 7.47. The van der Waals surface area contributed by atoms with Gasteiger partial charge >= 0.3 is 0 Å². The number of hydrogen-bond donors (Lipinski definition) is 3. The second kappa shape index (κ2) is 9.82. The van der Waals surface area contributed by atoms with E-state index in [-0.39, 0.29) is 11.8 Å². The molecule has 7 heteroatoms. The highest BCUT2D eigenvalue weighted by atomic mass is 16.5. The number of H-pyrrole nitrogens is 1. The largest absolute Gasteiger partial charge is 0.497 e. The smallest absolute Gasteiger partial charge is 0.246 e. The number of carbonyl (C=O) groups excluding carboxylic acids is 2. The number of benzene rings is 3. The van der Waals surface area contributed by atoms with Gasteiger partial charge in [-0.25, -0.2) is 4.98 Å². The fourth-order valence-electron chi connectivity index (χ4n) is 3.33. The maximum Gasteiger partial charge on any atom is 0.246 e. The molecule has 0 aliphatic rings. The lowest BCUT2D eigenvalue weighted by Gasteiger charge is -2.15. The summed E-state index contributed by atoms with van der Waals surface area (Å²) in [7, 11) is 1.60. The Balaban J connectivity index is 1.41. The normalized spacial score (nSPS) is 11.9. The minimum absolute atomic E-state index is 0.329. The van der Waals surface area contributed by atoms with Crippen molar-refractivity contribution in [3.63, 3.8) is 0 Å². The molecule has 0 aliphatic heterocycles. The minimum Gasteiger partial charge on any atom is -0.497 e. The number of nitrogens with zero attached hydrogens (tertiary/aromatic N) is 1. The number of rotatable bonds is 7. The van der Waals surface area contributed by atoms with Crippen LogP contribution in [0.2, 0.25) is 0 Å². The van der Waals surface area contributed by atoms with Crippen LogP contribution in [0.4, 0.5) is 5.69 Å². The molecular weight excluding hydrogens is 416 g/mol. The van der Waals surface area contributed by atoms with Crippen LogP contribution in [0.3, 0.4) is 0 Å². The molecule has 166 valence electrons. The van der Waals surface area contributed by atoms with E-state index in [9.17, 15) is 9.59 Å². The van der Waals surface area contributed by atoms with Crippen LogP contribution >= 0.6 is 0 Å². The molecule has 0 fully saturated rings. The van der Waals surface area contributed by atoms with Crippen molar-refractivity contribution in [1.82, 2.24) is 15.3 Å². The summed E-state index contributed by atoms with van der Waals surface area (Å²) in [5.41, 5.74) is 3.98. The molecule has 0 bridgehead atoms. The fraction of sp³-hybridized carbons (Fsp3) is 0.115.